The first-order valence-electron chi connectivity index (χ1n) is 9.33. The summed E-state index contributed by atoms with van der Waals surface area (Å²) >= 11 is 0. The van der Waals surface area contributed by atoms with Crippen molar-refractivity contribution in [3.8, 4) is 0 Å². The van der Waals surface area contributed by atoms with E-state index < -0.39 is 0 Å². The summed E-state index contributed by atoms with van der Waals surface area (Å²) < 4.78 is 0. The second-order valence-corrected chi connectivity index (χ2v) is 8.39. The Hall–Kier alpha value is -1.82. The zero-order chi connectivity index (χ0) is 16.9. The van der Waals surface area contributed by atoms with E-state index in [0.717, 1.165) is 0 Å². The molecular weight excluding hydrogens is 288 g/mol. The van der Waals surface area contributed by atoms with Gasteiger partial charge in [0.25, 0.3) is 0 Å². The van der Waals surface area contributed by atoms with Crippen molar-refractivity contribution in [3.05, 3.63) is 66.8 Å². The van der Waals surface area contributed by atoms with Gasteiger partial charge in [0, 0.05) is 0 Å². The minimum absolute atomic E-state index is 1.17. The summed E-state index contributed by atoms with van der Waals surface area (Å²) in [6, 6.07) is 0. The summed E-state index contributed by atoms with van der Waals surface area (Å²) in [7, 11) is 0. The van der Waals surface area contributed by atoms with Crippen LogP contribution >= 0.6 is 0 Å². The standard InChI is InChI=1S/C24H26/c1-11-7-21-17(13(11)3)9-19-16(6)24-20(15(5)23(19)21)10-18-14(4)12(2)8-22(18)24/h7-10H2,1-6H3. The fourth-order valence-corrected chi connectivity index (χ4v) is 5.68. The van der Waals surface area contributed by atoms with Gasteiger partial charge in [0.1, 0.15) is 0 Å². The summed E-state index contributed by atoms with van der Waals surface area (Å²) in [5.74, 6) is 0. The topological polar surface area (TPSA) is 0 Å². The van der Waals surface area contributed by atoms with Crippen LogP contribution in [0.1, 0.15) is 73.9 Å². The fraction of sp³-hybridized carbons (Fsp3) is 0.417. The van der Waals surface area contributed by atoms with Gasteiger partial charge in [-0.25, -0.2) is 0 Å². The molecule has 0 N–H and O–H groups in total. The highest BCUT2D eigenvalue weighted by atomic mass is 14.4. The molecule has 5 rings (SSSR count). The number of rotatable bonds is 0. The second kappa shape index (κ2) is 4.42. The van der Waals surface area contributed by atoms with E-state index in [1.807, 2.05) is 0 Å². The fourth-order valence-electron chi connectivity index (χ4n) is 5.68. The Morgan fingerprint density at radius 2 is 0.833 bits per heavy atom. The van der Waals surface area contributed by atoms with Gasteiger partial charge in [0.2, 0.25) is 0 Å². The van der Waals surface area contributed by atoms with Crippen molar-refractivity contribution in [2.24, 2.45) is 0 Å². The molecule has 122 valence electrons. The van der Waals surface area contributed by atoms with E-state index in [1.165, 1.54) is 25.7 Å². The Bertz CT molecular complexity index is 902. The number of fused-ring (bicyclic) bond motifs is 4. The Morgan fingerprint density at radius 3 is 1.21 bits per heavy atom. The Balaban J connectivity index is 1.72. The maximum absolute atomic E-state index is 2.39. The van der Waals surface area contributed by atoms with Crippen molar-refractivity contribution in [1.29, 1.82) is 0 Å². The van der Waals surface area contributed by atoms with Crippen LogP contribution in [-0.4, -0.2) is 0 Å². The lowest BCUT2D eigenvalue weighted by Crippen LogP contribution is -2.04. The van der Waals surface area contributed by atoms with Gasteiger partial charge in [0.05, 0.1) is 0 Å². The van der Waals surface area contributed by atoms with Gasteiger partial charge >= 0.3 is 0 Å². The zero-order valence-corrected chi connectivity index (χ0v) is 15.8. The molecule has 24 heavy (non-hydrogen) atoms. The summed E-state index contributed by atoms with van der Waals surface area (Å²) in [4.78, 5) is 0. The Kier molecular flexibility index (Phi) is 2.67. The zero-order valence-electron chi connectivity index (χ0n) is 15.8. The van der Waals surface area contributed by atoms with E-state index in [4.69, 9.17) is 0 Å². The Morgan fingerprint density at radius 1 is 0.458 bits per heavy atom. The first-order chi connectivity index (χ1) is 11.4. The van der Waals surface area contributed by atoms with Crippen LogP contribution in [0.15, 0.2) is 33.4 Å². The largest absolute Gasteiger partial charge is 0.0657 e. The number of benzene rings is 1. The predicted molar refractivity (Wildman–Crippen MR) is 103 cm³/mol. The van der Waals surface area contributed by atoms with Crippen LogP contribution < -0.4 is 0 Å². The molecule has 0 saturated carbocycles. The maximum atomic E-state index is 2.39. The smallest absolute Gasteiger partial charge is 0.00111 e. The summed E-state index contributed by atoms with van der Waals surface area (Å²) in [5.41, 5.74) is 22.6. The highest BCUT2D eigenvalue weighted by molar-refractivity contribution is 5.93. The predicted octanol–water partition coefficient (Wildman–Crippen LogP) is 6.40. The summed E-state index contributed by atoms with van der Waals surface area (Å²) in [5, 5.41) is 0. The van der Waals surface area contributed by atoms with Crippen LogP contribution in [-0.2, 0) is 12.8 Å². The molecular formula is C24H26. The van der Waals surface area contributed by atoms with Crippen LogP contribution in [0.2, 0.25) is 0 Å². The molecule has 0 spiro atoms. The lowest BCUT2D eigenvalue weighted by atomic mass is 9.84. The SMILES string of the molecule is CC1=C(C)C2=C(C1)c1c(C)c3c(c(C)c1C2)C1=C(C3)C(C)=C(C)C1. The molecule has 0 nitrogen and oxygen atoms in total. The molecule has 0 radical (unpaired) electrons. The minimum atomic E-state index is 1.17. The minimum Gasteiger partial charge on any atom is -0.0657 e. The number of hydrogen-bond donors (Lipinski definition) is 0. The van der Waals surface area contributed by atoms with Crippen LogP contribution in [0.5, 0.6) is 0 Å². The van der Waals surface area contributed by atoms with Crippen LogP contribution in [0.25, 0.3) is 11.1 Å². The van der Waals surface area contributed by atoms with Crippen molar-refractivity contribution in [1.82, 2.24) is 0 Å². The molecule has 0 saturated heterocycles. The molecule has 1 aromatic rings. The van der Waals surface area contributed by atoms with Crippen LogP contribution in [0, 0.1) is 13.8 Å². The normalized spacial score (nSPS) is 21.2. The van der Waals surface area contributed by atoms with Gasteiger partial charge in [-0.15, -0.1) is 0 Å². The first-order valence-corrected chi connectivity index (χ1v) is 9.33. The van der Waals surface area contributed by atoms with Gasteiger partial charge < -0.3 is 0 Å². The van der Waals surface area contributed by atoms with E-state index in [-0.39, 0.29) is 0 Å². The molecule has 0 aromatic heterocycles. The molecule has 0 aliphatic heterocycles. The lowest BCUT2D eigenvalue weighted by Gasteiger charge is -2.20. The summed E-state index contributed by atoms with van der Waals surface area (Å²) in [6.07, 6.45) is 4.69. The third kappa shape index (κ3) is 1.51. The molecule has 0 heterocycles. The van der Waals surface area contributed by atoms with Crippen molar-refractivity contribution >= 4 is 11.1 Å². The molecule has 0 heteroatoms. The van der Waals surface area contributed by atoms with E-state index in [9.17, 15) is 0 Å². The highest BCUT2D eigenvalue weighted by Gasteiger charge is 2.37. The van der Waals surface area contributed by atoms with Gasteiger partial charge in [-0.1, -0.05) is 11.1 Å². The molecule has 0 unspecified atom stereocenters. The quantitative estimate of drug-likeness (QED) is 0.519. The van der Waals surface area contributed by atoms with Crippen molar-refractivity contribution in [3.63, 3.8) is 0 Å². The molecule has 1 aromatic carbocycles. The Labute approximate surface area is 145 Å². The van der Waals surface area contributed by atoms with Crippen LogP contribution in [0.4, 0.5) is 0 Å². The number of hydrogen-bond acceptors (Lipinski definition) is 0. The molecule has 0 amide bonds. The number of allylic oxidation sites excluding steroid dienone is 8. The monoisotopic (exact) mass is 314 g/mol. The molecule has 4 aliphatic rings. The van der Waals surface area contributed by atoms with Gasteiger partial charge in [-0.3, -0.25) is 0 Å². The van der Waals surface area contributed by atoms with Gasteiger partial charge in [-0.2, -0.15) is 0 Å². The molecule has 0 atom stereocenters. The van der Waals surface area contributed by atoms with Gasteiger partial charge in [0.15, 0.2) is 0 Å². The van der Waals surface area contributed by atoms with Crippen molar-refractivity contribution in [2.75, 3.05) is 0 Å². The van der Waals surface area contributed by atoms with Crippen molar-refractivity contribution < 1.29 is 0 Å². The third-order valence-corrected chi connectivity index (χ3v) is 7.37. The molecule has 0 fully saturated rings. The molecule has 4 aliphatic carbocycles. The second-order valence-electron chi connectivity index (χ2n) is 8.39. The van der Waals surface area contributed by atoms with E-state index in [2.05, 4.69) is 41.5 Å². The average molecular weight is 314 g/mol. The van der Waals surface area contributed by atoms with Crippen molar-refractivity contribution in [2.45, 2.75) is 67.2 Å². The highest BCUT2D eigenvalue weighted by Crippen LogP contribution is 2.54. The third-order valence-electron chi connectivity index (χ3n) is 7.37. The first kappa shape index (κ1) is 14.5. The van der Waals surface area contributed by atoms with E-state index in [1.54, 1.807) is 78.0 Å². The van der Waals surface area contributed by atoms with E-state index in [0.29, 0.717) is 0 Å². The van der Waals surface area contributed by atoms with Crippen LogP contribution in [0.3, 0.4) is 0 Å². The van der Waals surface area contributed by atoms with E-state index >= 15 is 0 Å². The molecule has 0 bridgehead atoms. The van der Waals surface area contributed by atoms with Gasteiger partial charge in [-0.05, 0) is 134 Å². The summed E-state index contributed by atoms with van der Waals surface area (Å²) in [6.45, 7) is 14.1. The lowest BCUT2D eigenvalue weighted by molar-refractivity contribution is 1.08. The maximum Gasteiger partial charge on any atom is -0.00111 e. The average Bonchev–Trinajstić information content (AvgIpc) is 3.23.